The first-order valence-electron chi connectivity index (χ1n) is 5.84. The highest BCUT2D eigenvalue weighted by Crippen LogP contribution is 2.25. The Bertz CT molecular complexity index is 474. The minimum absolute atomic E-state index is 0.144. The van der Waals surface area contributed by atoms with Gasteiger partial charge in [-0.25, -0.2) is 0 Å². The highest BCUT2D eigenvalue weighted by atomic mass is 16.5. The van der Waals surface area contributed by atoms with E-state index in [0.717, 1.165) is 0 Å². The maximum absolute atomic E-state index is 12.3. The molecule has 6 heteroatoms. The van der Waals surface area contributed by atoms with Gasteiger partial charge in [-0.15, -0.1) is 0 Å². The smallest absolute Gasteiger partial charge is 0.325 e. The number of anilines is 1. The van der Waals surface area contributed by atoms with Crippen molar-refractivity contribution in [1.29, 1.82) is 0 Å². The molecule has 19 heavy (non-hydrogen) atoms. The van der Waals surface area contributed by atoms with Gasteiger partial charge >= 0.3 is 5.97 Å². The van der Waals surface area contributed by atoms with Crippen LogP contribution in [-0.2, 0) is 9.53 Å². The number of hydrogen-bond donors (Lipinski definition) is 1. The zero-order valence-corrected chi connectivity index (χ0v) is 11.3. The first-order valence-corrected chi connectivity index (χ1v) is 5.84. The van der Waals surface area contributed by atoms with Crippen molar-refractivity contribution in [2.45, 2.75) is 6.92 Å². The second-order valence-electron chi connectivity index (χ2n) is 3.89. The SMILES string of the molecule is CCOc1cccc(N)c1C(=O)N(C)CC(=O)OC. The van der Waals surface area contributed by atoms with Gasteiger partial charge in [0.1, 0.15) is 17.9 Å². The molecule has 2 N–H and O–H groups in total. The van der Waals surface area contributed by atoms with Crippen molar-refractivity contribution in [3.8, 4) is 5.75 Å². The number of esters is 1. The molecule has 0 aliphatic rings. The number of amides is 1. The molecule has 0 bridgehead atoms. The number of carbonyl (C=O) groups is 2. The fraction of sp³-hybridized carbons (Fsp3) is 0.385. The second kappa shape index (κ2) is 6.63. The Kier molecular flexibility index (Phi) is 5.17. The Balaban J connectivity index is 3.01. The Morgan fingerprint density at radius 3 is 2.63 bits per heavy atom. The van der Waals surface area contributed by atoms with Crippen LogP contribution in [0.2, 0.25) is 0 Å². The summed E-state index contributed by atoms with van der Waals surface area (Å²) in [6, 6.07) is 4.98. The molecule has 6 nitrogen and oxygen atoms in total. The zero-order valence-electron chi connectivity index (χ0n) is 11.3. The molecule has 1 aromatic rings. The molecule has 104 valence electrons. The van der Waals surface area contributed by atoms with Crippen LogP contribution in [0.25, 0.3) is 0 Å². The lowest BCUT2D eigenvalue weighted by molar-refractivity contribution is -0.141. The molecule has 0 unspecified atom stereocenters. The third-order valence-electron chi connectivity index (χ3n) is 2.51. The summed E-state index contributed by atoms with van der Waals surface area (Å²) in [5, 5.41) is 0. The van der Waals surface area contributed by atoms with E-state index in [-0.39, 0.29) is 18.0 Å². The molecular weight excluding hydrogens is 248 g/mol. The molecule has 1 rings (SSSR count). The standard InChI is InChI=1S/C13H18N2O4/c1-4-19-10-7-5-6-9(14)12(10)13(17)15(2)8-11(16)18-3/h5-7H,4,8,14H2,1-3H3. The van der Waals surface area contributed by atoms with E-state index < -0.39 is 5.97 Å². The van der Waals surface area contributed by atoms with Gasteiger partial charge < -0.3 is 20.1 Å². The van der Waals surface area contributed by atoms with Crippen molar-refractivity contribution in [3.63, 3.8) is 0 Å². The minimum atomic E-state index is -0.497. The monoisotopic (exact) mass is 266 g/mol. The van der Waals surface area contributed by atoms with E-state index >= 15 is 0 Å². The summed E-state index contributed by atoms with van der Waals surface area (Å²) in [5.74, 6) is -0.473. The summed E-state index contributed by atoms with van der Waals surface area (Å²) >= 11 is 0. The van der Waals surface area contributed by atoms with Crippen LogP contribution < -0.4 is 10.5 Å². The van der Waals surface area contributed by atoms with E-state index in [1.807, 2.05) is 6.92 Å². The lowest BCUT2D eigenvalue weighted by atomic mass is 10.1. The predicted octanol–water partition coefficient (Wildman–Crippen LogP) is 0.912. The van der Waals surface area contributed by atoms with Crippen LogP contribution in [0.15, 0.2) is 18.2 Å². The molecule has 0 fully saturated rings. The number of nitrogens with zero attached hydrogens (tertiary/aromatic N) is 1. The van der Waals surface area contributed by atoms with Crippen molar-refractivity contribution in [2.75, 3.05) is 33.0 Å². The van der Waals surface area contributed by atoms with Crippen LogP contribution >= 0.6 is 0 Å². The Labute approximate surface area is 112 Å². The van der Waals surface area contributed by atoms with Gasteiger partial charge in [0.15, 0.2) is 0 Å². The van der Waals surface area contributed by atoms with E-state index in [1.165, 1.54) is 19.1 Å². The van der Waals surface area contributed by atoms with Crippen LogP contribution in [-0.4, -0.2) is 44.1 Å². The number of hydrogen-bond acceptors (Lipinski definition) is 5. The van der Waals surface area contributed by atoms with Gasteiger partial charge in [0, 0.05) is 12.7 Å². The van der Waals surface area contributed by atoms with Gasteiger partial charge in [0.05, 0.1) is 13.7 Å². The van der Waals surface area contributed by atoms with Crippen LogP contribution in [0.1, 0.15) is 17.3 Å². The van der Waals surface area contributed by atoms with Gasteiger partial charge in [0.2, 0.25) is 0 Å². The first-order chi connectivity index (χ1) is 9.01. The highest BCUT2D eigenvalue weighted by molar-refractivity contribution is 6.02. The molecule has 1 amide bonds. The van der Waals surface area contributed by atoms with E-state index in [9.17, 15) is 9.59 Å². The number of methoxy groups -OCH3 is 1. The molecule has 0 heterocycles. The molecule has 0 atom stereocenters. The molecule has 0 aromatic heterocycles. The van der Waals surface area contributed by atoms with Crippen LogP contribution in [0.4, 0.5) is 5.69 Å². The summed E-state index contributed by atoms with van der Waals surface area (Å²) in [6.07, 6.45) is 0. The van der Waals surface area contributed by atoms with Gasteiger partial charge in [0.25, 0.3) is 5.91 Å². The van der Waals surface area contributed by atoms with Crippen molar-refractivity contribution < 1.29 is 19.1 Å². The Morgan fingerprint density at radius 2 is 2.05 bits per heavy atom. The van der Waals surface area contributed by atoms with Crippen LogP contribution in [0.5, 0.6) is 5.75 Å². The molecule has 0 saturated carbocycles. The molecule has 0 radical (unpaired) electrons. The van der Waals surface area contributed by atoms with Gasteiger partial charge in [-0.3, -0.25) is 9.59 Å². The molecule has 1 aromatic carbocycles. The number of rotatable bonds is 5. The molecule has 0 aliphatic heterocycles. The maximum Gasteiger partial charge on any atom is 0.325 e. The Morgan fingerprint density at radius 1 is 1.37 bits per heavy atom. The van der Waals surface area contributed by atoms with Gasteiger partial charge in [-0.2, -0.15) is 0 Å². The lowest BCUT2D eigenvalue weighted by Crippen LogP contribution is -2.33. The van der Waals surface area contributed by atoms with Gasteiger partial charge in [-0.1, -0.05) is 6.07 Å². The molecular formula is C13H18N2O4. The van der Waals surface area contributed by atoms with Crippen LogP contribution in [0.3, 0.4) is 0 Å². The molecule has 0 saturated heterocycles. The highest BCUT2D eigenvalue weighted by Gasteiger charge is 2.21. The molecule has 0 aliphatic carbocycles. The average molecular weight is 266 g/mol. The van der Waals surface area contributed by atoms with Crippen LogP contribution in [0, 0.1) is 0 Å². The summed E-state index contributed by atoms with van der Waals surface area (Å²) in [6.45, 7) is 2.09. The number of benzene rings is 1. The number of likely N-dealkylation sites (N-methyl/N-ethyl adjacent to an activating group) is 1. The summed E-state index contributed by atoms with van der Waals surface area (Å²) in [4.78, 5) is 24.7. The largest absolute Gasteiger partial charge is 0.493 e. The van der Waals surface area contributed by atoms with Crippen molar-refractivity contribution in [3.05, 3.63) is 23.8 Å². The number of nitrogen functional groups attached to an aromatic ring is 1. The fourth-order valence-corrected chi connectivity index (χ4v) is 1.57. The lowest BCUT2D eigenvalue weighted by Gasteiger charge is -2.19. The van der Waals surface area contributed by atoms with Crippen molar-refractivity contribution >= 4 is 17.6 Å². The fourth-order valence-electron chi connectivity index (χ4n) is 1.57. The van der Waals surface area contributed by atoms with Crippen molar-refractivity contribution in [2.24, 2.45) is 0 Å². The topological polar surface area (TPSA) is 81.9 Å². The summed E-state index contributed by atoms with van der Waals surface area (Å²) < 4.78 is 9.90. The molecule has 0 spiro atoms. The third-order valence-corrected chi connectivity index (χ3v) is 2.51. The van der Waals surface area contributed by atoms with E-state index in [1.54, 1.807) is 18.2 Å². The quantitative estimate of drug-likeness (QED) is 0.633. The number of nitrogens with two attached hydrogens (primary N) is 1. The maximum atomic E-state index is 12.3. The second-order valence-corrected chi connectivity index (χ2v) is 3.89. The summed E-state index contributed by atoms with van der Waals surface area (Å²) in [7, 11) is 2.77. The van der Waals surface area contributed by atoms with E-state index in [0.29, 0.717) is 18.0 Å². The van der Waals surface area contributed by atoms with Gasteiger partial charge in [-0.05, 0) is 19.1 Å². The third kappa shape index (κ3) is 3.61. The number of carbonyl (C=O) groups excluding carboxylic acids is 2. The predicted molar refractivity (Wildman–Crippen MR) is 71.0 cm³/mol. The Hall–Kier alpha value is -2.24. The minimum Gasteiger partial charge on any atom is -0.493 e. The zero-order chi connectivity index (χ0) is 14.4. The normalized spacial score (nSPS) is 9.84. The van der Waals surface area contributed by atoms with Crippen molar-refractivity contribution in [1.82, 2.24) is 4.90 Å². The number of ether oxygens (including phenoxy) is 2. The first kappa shape index (κ1) is 14.8. The summed E-state index contributed by atoms with van der Waals surface area (Å²) in [5.41, 5.74) is 6.38. The van der Waals surface area contributed by atoms with E-state index in [4.69, 9.17) is 10.5 Å². The van der Waals surface area contributed by atoms with E-state index in [2.05, 4.69) is 4.74 Å². The average Bonchev–Trinajstić information content (AvgIpc) is 2.38.